The highest BCUT2D eigenvalue weighted by molar-refractivity contribution is 9.10. The number of nitrogens with zero attached hydrogens (tertiary/aromatic N) is 2. The highest BCUT2D eigenvalue weighted by Gasteiger charge is 2.01. The lowest BCUT2D eigenvalue weighted by atomic mass is 10.3. The average Bonchev–Trinajstić information content (AvgIpc) is 2.49. The van der Waals surface area contributed by atoms with E-state index < -0.39 is 0 Å². The lowest BCUT2D eigenvalue weighted by molar-refractivity contribution is 0.712. The maximum absolute atomic E-state index is 4.40. The van der Waals surface area contributed by atoms with E-state index in [-0.39, 0.29) is 0 Å². The second-order valence-corrected chi connectivity index (χ2v) is 3.67. The molecule has 2 aromatic rings. The predicted octanol–water partition coefficient (Wildman–Crippen LogP) is 2.98. The maximum atomic E-state index is 4.40. The van der Waals surface area contributed by atoms with Gasteiger partial charge >= 0.3 is 0 Å². The molecular formula is C10H9BrN2. The minimum absolute atomic E-state index is 0.751. The van der Waals surface area contributed by atoms with Crippen LogP contribution in [0.15, 0.2) is 41.5 Å². The molecule has 0 saturated carbocycles. The van der Waals surface area contributed by atoms with Gasteiger partial charge in [0.25, 0.3) is 0 Å². The van der Waals surface area contributed by atoms with Gasteiger partial charge in [0, 0.05) is 16.1 Å². The fraction of sp³-hybridized carbons (Fsp3) is 0.100. The van der Waals surface area contributed by atoms with Crippen LogP contribution in [0.25, 0.3) is 10.9 Å². The number of hydrogen-bond acceptors (Lipinski definition) is 1. The van der Waals surface area contributed by atoms with Crippen molar-refractivity contribution in [3.63, 3.8) is 0 Å². The Balaban J connectivity index is 2.61. The smallest absolute Gasteiger partial charge is 0.106 e. The van der Waals surface area contributed by atoms with E-state index in [9.17, 15) is 0 Å². The molecule has 1 aromatic carbocycles. The molecule has 0 amide bonds. The van der Waals surface area contributed by atoms with E-state index in [1.54, 1.807) is 0 Å². The van der Waals surface area contributed by atoms with Crippen LogP contribution in [0, 0.1) is 0 Å². The second-order valence-electron chi connectivity index (χ2n) is 2.82. The van der Waals surface area contributed by atoms with Gasteiger partial charge in [0.05, 0.1) is 6.54 Å². The normalized spacial score (nSPS) is 10.5. The van der Waals surface area contributed by atoms with Crippen molar-refractivity contribution in [1.82, 2.24) is 9.78 Å². The molecule has 0 bridgehead atoms. The van der Waals surface area contributed by atoms with Gasteiger partial charge in [0.1, 0.15) is 5.52 Å². The summed E-state index contributed by atoms with van der Waals surface area (Å²) in [6.45, 7) is 4.43. The molecule has 2 nitrogen and oxygen atoms in total. The van der Waals surface area contributed by atoms with Gasteiger partial charge in [-0.25, -0.2) is 0 Å². The Morgan fingerprint density at radius 2 is 2.38 bits per heavy atom. The van der Waals surface area contributed by atoms with Crippen molar-refractivity contribution >= 4 is 26.8 Å². The maximum Gasteiger partial charge on any atom is 0.106 e. The molecule has 0 aliphatic carbocycles. The summed E-state index contributed by atoms with van der Waals surface area (Å²) in [6, 6.07) is 6.05. The van der Waals surface area contributed by atoms with Gasteiger partial charge in [-0.05, 0) is 22.0 Å². The SMILES string of the molecule is C=CCn1cc2cccc(Br)c2n1. The fourth-order valence-corrected chi connectivity index (χ4v) is 1.75. The van der Waals surface area contributed by atoms with E-state index in [0.29, 0.717) is 0 Å². The van der Waals surface area contributed by atoms with Crippen molar-refractivity contribution in [3.8, 4) is 0 Å². The van der Waals surface area contributed by atoms with Gasteiger partial charge in [0.2, 0.25) is 0 Å². The van der Waals surface area contributed by atoms with E-state index in [4.69, 9.17) is 0 Å². The summed E-state index contributed by atoms with van der Waals surface area (Å²) in [6.07, 6.45) is 3.85. The first-order valence-corrected chi connectivity index (χ1v) is 4.83. The number of benzene rings is 1. The lowest BCUT2D eigenvalue weighted by Gasteiger charge is -1.91. The Labute approximate surface area is 85.0 Å². The summed E-state index contributed by atoms with van der Waals surface area (Å²) in [5.74, 6) is 0. The largest absolute Gasteiger partial charge is 0.268 e. The molecule has 0 unspecified atom stereocenters. The summed E-state index contributed by atoms with van der Waals surface area (Å²) >= 11 is 3.46. The van der Waals surface area contributed by atoms with E-state index in [1.165, 1.54) is 0 Å². The van der Waals surface area contributed by atoms with Gasteiger partial charge in [-0.3, -0.25) is 4.68 Å². The third kappa shape index (κ3) is 1.52. The van der Waals surface area contributed by atoms with Crippen LogP contribution >= 0.6 is 15.9 Å². The molecule has 0 radical (unpaired) electrons. The van der Waals surface area contributed by atoms with E-state index >= 15 is 0 Å². The van der Waals surface area contributed by atoms with Crippen LogP contribution in [0.4, 0.5) is 0 Å². The Hall–Kier alpha value is -1.09. The number of allylic oxidation sites excluding steroid dienone is 1. The number of rotatable bonds is 2. The quantitative estimate of drug-likeness (QED) is 0.734. The number of fused-ring (bicyclic) bond motifs is 1. The summed E-state index contributed by atoms with van der Waals surface area (Å²) in [7, 11) is 0. The number of halogens is 1. The molecule has 0 saturated heterocycles. The summed E-state index contributed by atoms with van der Waals surface area (Å²) in [5, 5.41) is 5.55. The summed E-state index contributed by atoms with van der Waals surface area (Å²) < 4.78 is 2.91. The highest BCUT2D eigenvalue weighted by Crippen LogP contribution is 2.21. The zero-order chi connectivity index (χ0) is 9.26. The monoisotopic (exact) mass is 236 g/mol. The molecule has 0 aliphatic rings. The van der Waals surface area contributed by atoms with Gasteiger partial charge in [-0.1, -0.05) is 18.2 Å². The molecule has 0 N–H and O–H groups in total. The molecule has 1 heterocycles. The first-order chi connectivity index (χ1) is 6.31. The van der Waals surface area contributed by atoms with E-state index in [0.717, 1.165) is 21.9 Å². The Kier molecular flexibility index (Phi) is 2.19. The van der Waals surface area contributed by atoms with Crippen molar-refractivity contribution in [2.75, 3.05) is 0 Å². The minimum atomic E-state index is 0.751. The molecule has 3 heteroatoms. The zero-order valence-electron chi connectivity index (χ0n) is 7.07. The Bertz CT molecular complexity index is 445. The van der Waals surface area contributed by atoms with Crippen LogP contribution < -0.4 is 0 Å². The molecule has 13 heavy (non-hydrogen) atoms. The van der Waals surface area contributed by atoms with Crippen LogP contribution in [0.5, 0.6) is 0 Å². The Morgan fingerprint density at radius 3 is 3.08 bits per heavy atom. The summed E-state index contributed by atoms with van der Waals surface area (Å²) in [5.41, 5.74) is 1.00. The van der Waals surface area contributed by atoms with Crippen molar-refractivity contribution in [3.05, 3.63) is 41.5 Å². The van der Waals surface area contributed by atoms with Gasteiger partial charge in [-0.15, -0.1) is 6.58 Å². The van der Waals surface area contributed by atoms with Crippen molar-refractivity contribution in [1.29, 1.82) is 0 Å². The molecule has 1 aromatic heterocycles. The van der Waals surface area contributed by atoms with Crippen LogP contribution in [-0.2, 0) is 6.54 Å². The highest BCUT2D eigenvalue weighted by atomic mass is 79.9. The van der Waals surface area contributed by atoms with Gasteiger partial charge in [-0.2, -0.15) is 5.10 Å². The van der Waals surface area contributed by atoms with Crippen LogP contribution in [-0.4, -0.2) is 9.78 Å². The van der Waals surface area contributed by atoms with E-state index in [1.807, 2.05) is 35.2 Å². The molecule has 2 rings (SSSR count). The molecule has 0 fully saturated rings. The van der Waals surface area contributed by atoms with Crippen molar-refractivity contribution < 1.29 is 0 Å². The number of hydrogen-bond donors (Lipinski definition) is 0. The van der Waals surface area contributed by atoms with E-state index in [2.05, 4.69) is 27.6 Å². The Morgan fingerprint density at radius 1 is 1.54 bits per heavy atom. The summed E-state index contributed by atoms with van der Waals surface area (Å²) in [4.78, 5) is 0. The lowest BCUT2D eigenvalue weighted by Crippen LogP contribution is -1.93. The van der Waals surface area contributed by atoms with Gasteiger partial charge in [0.15, 0.2) is 0 Å². The minimum Gasteiger partial charge on any atom is -0.268 e. The van der Waals surface area contributed by atoms with Crippen molar-refractivity contribution in [2.24, 2.45) is 0 Å². The first-order valence-electron chi connectivity index (χ1n) is 4.04. The van der Waals surface area contributed by atoms with Gasteiger partial charge < -0.3 is 0 Å². The third-order valence-corrected chi connectivity index (χ3v) is 2.49. The number of aromatic nitrogens is 2. The molecular weight excluding hydrogens is 228 g/mol. The topological polar surface area (TPSA) is 17.8 Å². The first kappa shape index (κ1) is 8.51. The zero-order valence-corrected chi connectivity index (χ0v) is 8.66. The van der Waals surface area contributed by atoms with Crippen LogP contribution in [0.2, 0.25) is 0 Å². The predicted molar refractivity (Wildman–Crippen MR) is 57.6 cm³/mol. The van der Waals surface area contributed by atoms with Crippen molar-refractivity contribution in [2.45, 2.75) is 6.54 Å². The molecule has 0 atom stereocenters. The van der Waals surface area contributed by atoms with Crippen LogP contribution in [0.3, 0.4) is 0 Å². The standard InChI is InChI=1S/C10H9BrN2/c1-2-6-13-7-8-4-3-5-9(11)10(8)12-13/h2-5,7H,1,6H2. The third-order valence-electron chi connectivity index (χ3n) is 1.85. The second kappa shape index (κ2) is 3.34. The molecule has 0 spiro atoms. The van der Waals surface area contributed by atoms with Crippen LogP contribution in [0.1, 0.15) is 0 Å². The fourth-order valence-electron chi connectivity index (χ4n) is 1.29. The molecule has 0 aliphatic heterocycles. The molecule has 66 valence electrons. The average molecular weight is 237 g/mol.